The SMILES string of the molecule is Cc1c(Cc2ccccc2C(=O)O)[nH]c2ccc(OCc3ccc4ccccc4n3)cc12. The third kappa shape index (κ3) is 3.81. The number of carboxylic acids is 1. The summed E-state index contributed by atoms with van der Waals surface area (Å²) in [5.74, 6) is -0.139. The number of H-pyrrole nitrogens is 1. The fourth-order valence-corrected chi connectivity index (χ4v) is 4.05. The van der Waals surface area contributed by atoms with Gasteiger partial charge in [-0.15, -0.1) is 0 Å². The van der Waals surface area contributed by atoms with Crippen molar-refractivity contribution in [2.24, 2.45) is 0 Å². The summed E-state index contributed by atoms with van der Waals surface area (Å²) in [6.45, 7) is 2.44. The van der Waals surface area contributed by atoms with E-state index in [2.05, 4.69) is 16.0 Å². The fourth-order valence-electron chi connectivity index (χ4n) is 4.05. The Kier molecular flexibility index (Phi) is 5.07. The summed E-state index contributed by atoms with van der Waals surface area (Å²) in [5, 5.41) is 11.6. The van der Waals surface area contributed by atoms with Crippen molar-refractivity contribution in [2.45, 2.75) is 20.0 Å². The number of carbonyl (C=O) groups is 1. The van der Waals surface area contributed by atoms with E-state index in [1.54, 1.807) is 12.1 Å². The van der Waals surface area contributed by atoms with E-state index in [0.29, 0.717) is 18.6 Å². The Balaban J connectivity index is 1.38. The van der Waals surface area contributed by atoms with Gasteiger partial charge in [-0.1, -0.05) is 42.5 Å². The summed E-state index contributed by atoms with van der Waals surface area (Å²) >= 11 is 0. The third-order valence-electron chi connectivity index (χ3n) is 5.79. The molecule has 0 atom stereocenters. The predicted molar refractivity (Wildman–Crippen MR) is 125 cm³/mol. The molecule has 5 aromatic rings. The number of aromatic amines is 1. The van der Waals surface area contributed by atoms with Gasteiger partial charge in [0.1, 0.15) is 12.4 Å². The van der Waals surface area contributed by atoms with Crippen LogP contribution in [0.3, 0.4) is 0 Å². The minimum Gasteiger partial charge on any atom is -0.487 e. The molecule has 3 aromatic carbocycles. The lowest BCUT2D eigenvalue weighted by atomic mass is 10.0. The van der Waals surface area contributed by atoms with Gasteiger partial charge in [-0.3, -0.25) is 0 Å². The van der Waals surface area contributed by atoms with Crippen LogP contribution >= 0.6 is 0 Å². The zero-order chi connectivity index (χ0) is 22.1. The molecule has 2 heterocycles. The summed E-state index contributed by atoms with van der Waals surface area (Å²) in [6.07, 6.45) is 0.528. The van der Waals surface area contributed by atoms with E-state index in [9.17, 15) is 9.90 Å². The van der Waals surface area contributed by atoms with Crippen molar-refractivity contribution in [2.75, 3.05) is 0 Å². The fraction of sp³-hybridized carbons (Fsp3) is 0.111. The Labute approximate surface area is 185 Å². The number of para-hydroxylation sites is 1. The molecule has 0 aliphatic rings. The van der Waals surface area contributed by atoms with Crippen molar-refractivity contribution in [1.29, 1.82) is 0 Å². The molecule has 158 valence electrons. The lowest BCUT2D eigenvalue weighted by Gasteiger charge is -2.07. The molecule has 0 aliphatic carbocycles. The zero-order valence-electron chi connectivity index (χ0n) is 17.6. The molecule has 32 heavy (non-hydrogen) atoms. The second kappa shape index (κ2) is 8.19. The van der Waals surface area contributed by atoms with E-state index in [-0.39, 0.29) is 0 Å². The summed E-state index contributed by atoms with van der Waals surface area (Å²) in [5.41, 5.74) is 6.04. The Morgan fingerprint density at radius 2 is 1.81 bits per heavy atom. The lowest BCUT2D eigenvalue weighted by Crippen LogP contribution is -2.03. The molecule has 0 aliphatic heterocycles. The average Bonchev–Trinajstić information content (AvgIpc) is 3.12. The average molecular weight is 422 g/mol. The first kappa shape index (κ1) is 19.8. The number of aromatic nitrogens is 2. The second-order valence-electron chi connectivity index (χ2n) is 7.86. The molecule has 2 N–H and O–H groups in total. The van der Waals surface area contributed by atoms with Crippen LogP contribution in [0.15, 0.2) is 78.9 Å². The molecule has 5 nitrogen and oxygen atoms in total. The van der Waals surface area contributed by atoms with Crippen molar-refractivity contribution >= 4 is 27.8 Å². The number of benzene rings is 3. The summed E-state index contributed by atoms with van der Waals surface area (Å²) in [4.78, 5) is 19.6. The maximum Gasteiger partial charge on any atom is 0.335 e. The molecule has 0 saturated heterocycles. The standard InChI is InChI=1S/C27H22N2O3/c1-17-23-15-21(32-16-20-11-10-18-6-3-5-9-24(18)28-20)12-13-25(23)29-26(17)14-19-7-2-4-8-22(19)27(30)31/h2-13,15,29H,14,16H2,1H3,(H,30,31). The number of aromatic carboxylic acids is 1. The highest BCUT2D eigenvalue weighted by atomic mass is 16.5. The predicted octanol–water partition coefficient (Wildman–Crippen LogP) is 5.89. The number of ether oxygens (including phenoxy) is 1. The monoisotopic (exact) mass is 422 g/mol. The van der Waals surface area contributed by atoms with Gasteiger partial charge < -0.3 is 14.8 Å². The maximum absolute atomic E-state index is 11.5. The molecule has 5 rings (SSSR count). The first-order valence-electron chi connectivity index (χ1n) is 10.5. The summed E-state index contributed by atoms with van der Waals surface area (Å²) in [6, 6.07) is 25.1. The van der Waals surface area contributed by atoms with Crippen LogP contribution in [0.5, 0.6) is 5.75 Å². The van der Waals surface area contributed by atoms with E-state index in [1.807, 2.05) is 67.6 Å². The Bertz CT molecular complexity index is 1450. The van der Waals surface area contributed by atoms with Crippen LogP contribution < -0.4 is 4.74 Å². The zero-order valence-corrected chi connectivity index (χ0v) is 17.6. The van der Waals surface area contributed by atoms with Crippen LogP contribution in [0.25, 0.3) is 21.8 Å². The normalized spacial score (nSPS) is 11.2. The van der Waals surface area contributed by atoms with Crippen molar-refractivity contribution in [3.05, 3.63) is 107 Å². The topological polar surface area (TPSA) is 75.2 Å². The van der Waals surface area contributed by atoms with Gasteiger partial charge >= 0.3 is 5.97 Å². The molecule has 0 unspecified atom stereocenters. The van der Waals surface area contributed by atoms with Gasteiger partial charge in [0.15, 0.2) is 0 Å². The molecule has 2 aromatic heterocycles. The number of aryl methyl sites for hydroxylation is 1. The largest absolute Gasteiger partial charge is 0.487 e. The van der Waals surface area contributed by atoms with Gasteiger partial charge in [0.25, 0.3) is 0 Å². The molecule has 0 fully saturated rings. The van der Waals surface area contributed by atoms with E-state index < -0.39 is 5.97 Å². The molecule has 0 saturated carbocycles. The number of pyridine rings is 1. The van der Waals surface area contributed by atoms with Crippen molar-refractivity contribution in [1.82, 2.24) is 9.97 Å². The highest BCUT2D eigenvalue weighted by Crippen LogP contribution is 2.28. The smallest absolute Gasteiger partial charge is 0.335 e. The lowest BCUT2D eigenvalue weighted by molar-refractivity contribution is 0.0696. The minimum absolute atomic E-state index is 0.331. The number of nitrogens with one attached hydrogen (secondary N) is 1. The van der Waals surface area contributed by atoms with Crippen molar-refractivity contribution < 1.29 is 14.6 Å². The number of hydrogen-bond donors (Lipinski definition) is 2. The molecular formula is C27H22N2O3. The highest BCUT2D eigenvalue weighted by Gasteiger charge is 2.14. The molecule has 5 heteroatoms. The van der Waals surface area contributed by atoms with Crippen LogP contribution in [-0.2, 0) is 13.0 Å². The maximum atomic E-state index is 11.5. The van der Waals surface area contributed by atoms with Crippen molar-refractivity contribution in [3.63, 3.8) is 0 Å². The van der Waals surface area contributed by atoms with Gasteiger partial charge in [0, 0.05) is 28.4 Å². The summed E-state index contributed by atoms with van der Waals surface area (Å²) in [7, 11) is 0. The first-order valence-corrected chi connectivity index (χ1v) is 10.5. The summed E-state index contributed by atoms with van der Waals surface area (Å²) < 4.78 is 6.03. The van der Waals surface area contributed by atoms with E-state index in [0.717, 1.165) is 50.1 Å². The third-order valence-corrected chi connectivity index (χ3v) is 5.79. The van der Waals surface area contributed by atoms with Crippen LogP contribution in [0.4, 0.5) is 0 Å². The number of hydrogen-bond acceptors (Lipinski definition) is 3. The Morgan fingerprint density at radius 3 is 2.69 bits per heavy atom. The van der Waals surface area contributed by atoms with Gasteiger partial charge in [0.05, 0.1) is 16.8 Å². The number of carboxylic acid groups (broad SMARTS) is 1. The number of fused-ring (bicyclic) bond motifs is 2. The minimum atomic E-state index is -0.910. The molecule has 0 amide bonds. The Hall–Kier alpha value is -4.12. The quantitative estimate of drug-likeness (QED) is 0.358. The number of nitrogens with zero attached hydrogens (tertiary/aromatic N) is 1. The number of rotatable bonds is 6. The first-order chi connectivity index (χ1) is 15.6. The second-order valence-corrected chi connectivity index (χ2v) is 7.86. The van der Waals surface area contributed by atoms with Gasteiger partial charge in [-0.2, -0.15) is 0 Å². The van der Waals surface area contributed by atoms with Gasteiger partial charge in [-0.05, 0) is 54.4 Å². The Morgan fingerprint density at radius 1 is 1.00 bits per heavy atom. The van der Waals surface area contributed by atoms with Crippen LogP contribution in [-0.4, -0.2) is 21.0 Å². The van der Waals surface area contributed by atoms with Gasteiger partial charge in [0.2, 0.25) is 0 Å². The highest BCUT2D eigenvalue weighted by molar-refractivity contribution is 5.90. The molecular weight excluding hydrogens is 400 g/mol. The van der Waals surface area contributed by atoms with E-state index in [1.165, 1.54) is 0 Å². The van der Waals surface area contributed by atoms with Crippen molar-refractivity contribution in [3.8, 4) is 5.75 Å². The molecule has 0 radical (unpaired) electrons. The van der Waals surface area contributed by atoms with Gasteiger partial charge in [-0.25, -0.2) is 9.78 Å². The molecule has 0 bridgehead atoms. The van der Waals surface area contributed by atoms with Crippen LogP contribution in [0.2, 0.25) is 0 Å². The van der Waals surface area contributed by atoms with E-state index in [4.69, 9.17) is 4.74 Å². The van der Waals surface area contributed by atoms with E-state index >= 15 is 0 Å². The molecule has 0 spiro atoms. The van der Waals surface area contributed by atoms with Crippen LogP contribution in [0.1, 0.15) is 32.9 Å². The van der Waals surface area contributed by atoms with Crippen LogP contribution in [0, 0.1) is 6.92 Å².